The van der Waals surface area contributed by atoms with Crippen molar-refractivity contribution in [2.45, 2.75) is 20.3 Å². The number of alkyl halides is 1. The zero-order valence-electron chi connectivity index (χ0n) is 9.29. The van der Waals surface area contributed by atoms with E-state index in [0.717, 1.165) is 24.1 Å². The minimum absolute atomic E-state index is 0.720. The van der Waals surface area contributed by atoms with Gasteiger partial charge in [-0.05, 0) is 43.5 Å². The van der Waals surface area contributed by atoms with E-state index in [9.17, 15) is 0 Å². The third-order valence-corrected chi connectivity index (χ3v) is 2.64. The fourth-order valence-corrected chi connectivity index (χ4v) is 1.60. The molecule has 0 heterocycles. The SMILES string of the molecule is CCOc1ccc(C(C)=CCCBr)cc1. The van der Waals surface area contributed by atoms with Gasteiger partial charge in [0, 0.05) is 5.33 Å². The molecular formula is C13H17BrO. The molecule has 0 saturated heterocycles. The number of ether oxygens (including phenoxy) is 1. The van der Waals surface area contributed by atoms with Crippen LogP contribution in [0.25, 0.3) is 5.57 Å². The molecule has 0 spiro atoms. The molecule has 0 aliphatic rings. The van der Waals surface area contributed by atoms with Gasteiger partial charge in [0.25, 0.3) is 0 Å². The summed E-state index contributed by atoms with van der Waals surface area (Å²) in [5.74, 6) is 0.939. The molecule has 1 nitrogen and oxygen atoms in total. The third-order valence-electron chi connectivity index (χ3n) is 2.18. The van der Waals surface area contributed by atoms with E-state index < -0.39 is 0 Å². The lowest BCUT2D eigenvalue weighted by Gasteiger charge is -2.05. The van der Waals surface area contributed by atoms with E-state index in [2.05, 4.69) is 41.1 Å². The Morgan fingerprint density at radius 2 is 2.00 bits per heavy atom. The lowest BCUT2D eigenvalue weighted by atomic mass is 10.1. The van der Waals surface area contributed by atoms with Gasteiger partial charge in [0.1, 0.15) is 5.75 Å². The monoisotopic (exact) mass is 268 g/mol. The van der Waals surface area contributed by atoms with E-state index >= 15 is 0 Å². The summed E-state index contributed by atoms with van der Waals surface area (Å²) in [5, 5.41) is 1.02. The fraction of sp³-hybridized carbons (Fsp3) is 0.385. The van der Waals surface area contributed by atoms with Gasteiger partial charge in [0.15, 0.2) is 0 Å². The summed E-state index contributed by atoms with van der Waals surface area (Å²) in [4.78, 5) is 0. The molecule has 0 fully saturated rings. The van der Waals surface area contributed by atoms with Gasteiger partial charge in [-0.3, -0.25) is 0 Å². The Hall–Kier alpha value is -0.760. The number of halogens is 1. The second-order valence-corrected chi connectivity index (χ2v) is 4.12. The van der Waals surface area contributed by atoms with Crippen LogP contribution in [0.1, 0.15) is 25.8 Å². The van der Waals surface area contributed by atoms with Crippen molar-refractivity contribution in [1.29, 1.82) is 0 Å². The number of hydrogen-bond acceptors (Lipinski definition) is 1. The molecule has 0 unspecified atom stereocenters. The minimum Gasteiger partial charge on any atom is -0.494 e. The summed E-state index contributed by atoms with van der Waals surface area (Å²) in [7, 11) is 0. The second-order valence-electron chi connectivity index (χ2n) is 3.32. The van der Waals surface area contributed by atoms with Gasteiger partial charge in [0.2, 0.25) is 0 Å². The molecule has 0 bridgehead atoms. The molecule has 1 rings (SSSR count). The fourth-order valence-electron chi connectivity index (χ4n) is 1.37. The second kappa shape index (κ2) is 6.67. The Kier molecular flexibility index (Phi) is 5.48. The molecule has 0 aliphatic carbocycles. The van der Waals surface area contributed by atoms with Crippen LogP contribution in [-0.2, 0) is 0 Å². The molecule has 15 heavy (non-hydrogen) atoms. The van der Waals surface area contributed by atoms with Gasteiger partial charge in [-0.1, -0.05) is 34.1 Å². The molecule has 0 saturated carbocycles. The van der Waals surface area contributed by atoms with Crippen molar-refractivity contribution in [3.8, 4) is 5.75 Å². The highest BCUT2D eigenvalue weighted by Crippen LogP contribution is 2.18. The van der Waals surface area contributed by atoms with Crippen molar-refractivity contribution in [2.75, 3.05) is 11.9 Å². The molecule has 82 valence electrons. The molecule has 0 aromatic heterocycles. The zero-order valence-corrected chi connectivity index (χ0v) is 10.9. The van der Waals surface area contributed by atoms with Crippen LogP contribution in [-0.4, -0.2) is 11.9 Å². The van der Waals surface area contributed by atoms with E-state index in [1.54, 1.807) is 0 Å². The Balaban J connectivity index is 2.70. The van der Waals surface area contributed by atoms with E-state index in [-0.39, 0.29) is 0 Å². The molecule has 1 aromatic carbocycles. The van der Waals surface area contributed by atoms with Crippen LogP contribution >= 0.6 is 15.9 Å². The summed E-state index contributed by atoms with van der Waals surface area (Å²) in [5.41, 5.74) is 2.58. The van der Waals surface area contributed by atoms with Crippen LogP contribution in [0.4, 0.5) is 0 Å². The zero-order chi connectivity index (χ0) is 11.1. The van der Waals surface area contributed by atoms with E-state index in [4.69, 9.17) is 4.74 Å². The first-order valence-electron chi connectivity index (χ1n) is 5.24. The van der Waals surface area contributed by atoms with Crippen molar-refractivity contribution in [1.82, 2.24) is 0 Å². The smallest absolute Gasteiger partial charge is 0.119 e. The number of allylic oxidation sites excluding steroid dienone is 2. The van der Waals surface area contributed by atoms with Gasteiger partial charge in [-0.2, -0.15) is 0 Å². The largest absolute Gasteiger partial charge is 0.494 e. The Labute approximate surface area is 100 Å². The van der Waals surface area contributed by atoms with Crippen molar-refractivity contribution < 1.29 is 4.74 Å². The van der Waals surface area contributed by atoms with Gasteiger partial charge >= 0.3 is 0 Å². The molecule has 1 aromatic rings. The highest BCUT2D eigenvalue weighted by Gasteiger charge is 1.96. The lowest BCUT2D eigenvalue weighted by molar-refractivity contribution is 0.340. The van der Waals surface area contributed by atoms with Gasteiger partial charge in [0.05, 0.1) is 6.61 Å². The van der Waals surface area contributed by atoms with Crippen LogP contribution in [0.5, 0.6) is 5.75 Å². The number of hydrogen-bond donors (Lipinski definition) is 0. The molecular weight excluding hydrogens is 252 g/mol. The predicted molar refractivity (Wildman–Crippen MR) is 69.7 cm³/mol. The first kappa shape index (κ1) is 12.3. The van der Waals surface area contributed by atoms with Gasteiger partial charge < -0.3 is 4.74 Å². The maximum Gasteiger partial charge on any atom is 0.119 e. The lowest BCUT2D eigenvalue weighted by Crippen LogP contribution is -1.91. The van der Waals surface area contributed by atoms with Crippen molar-refractivity contribution in [3.05, 3.63) is 35.9 Å². The first-order chi connectivity index (χ1) is 7.27. The molecule has 0 N–H and O–H groups in total. The predicted octanol–water partition coefficient (Wildman–Crippen LogP) is 4.27. The van der Waals surface area contributed by atoms with Crippen LogP contribution in [0.3, 0.4) is 0 Å². The average molecular weight is 269 g/mol. The summed E-state index contributed by atoms with van der Waals surface area (Å²) in [6.07, 6.45) is 3.31. The summed E-state index contributed by atoms with van der Waals surface area (Å²) >= 11 is 3.42. The molecule has 0 radical (unpaired) electrons. The standard InChI is InChI=1S/C13H17BrO/c1-3-15-13-8-6-12(7-9-13)11(2)5-4-10-14/h5-9H,3-4,10H2,1-2H3. The van der Waals surface area contributed by atoms with Crippen LogP contribution in [0, 0.1) is 0 Å². The molecule has 2 heteroatoms. The molecule has 0 atom stereocenters. The van der Waals surface area contributed by atoms with Crippen molar-refractivity contribution in [2.24, 2.45) is 0 Å². The molecule has 0 aliphatic heterocycles. The van der Waals surface area contributed by atoms with Crippen molar-refractivity contribution in [3.63, 3.8) is 0 Å². The summed E-state index contributed by atoms with van der Waals surface area (Å²) in [6.45, 7) is 4.85. The highest BCUT2D eigenvalue weighted by molar-refractivity contribution is 9.09. The van der Waals surface area contributed by atoms with E-state index in [1.807, 2.05) is 19.1 Å². The number of rotatable bonds is 5. The summed E-state index contributed by atoms with van der Waals surface area (Å²) in [6, 6.07) is 8.24. The minimum atomic E-state index is 0.720. The molecule has 0 amide bonds. The van der Waals surface area contributed by atoms with E-state index in [1.165, 1.54) is 11.1 Å². The maximum absolute atomic E-state index is 5.39. The maximum atomic E-state index is 5.39. The highest BCUT2D eigenvalue weighted by atomic mass is 79.9. The normalized spacial score (nSPS) is 11.5. The van der Waals surface area contributed by atoms with Crippen LogP contribution in [0.15, 0.2) is 30.3 Å². The van der Waals surface area contributed by atoms with Crippen LogP contribution < -0.4 is 4.74 Å². The van der Waals surface area contributed by atoms with Gasteiger partial charge in [-0.15, -0.1) is 0 Å². The van der Waals surface area contributed by atoms with Crippen LogP contribution in [0.2, 0.25) is 0 Å². The van der Waals surface area contributed by atoms with Gasteiger partial charge in [-0.25, -0.2) is 0 Å². The quantitative estimate of drug-likeness (QED) is 0.725. The summed E-state index contributed by atoms with van der Waals surface area (Å²) < 4.78 is 5.39. The van der Waals surface area contributed by atoms with E-state index in [0.29, 0.717) is 0 Å². The average Bonchev–Trinajstić information content (AvgIpc) is 2.27. The Morgan fingerprint density at radius 1 is 1.33 bits per heavy atom. The van der Waals surface area contributed by atoms with Crippen molar-refractivity contribution >= 4 is 21.5 Å². The third kappa shape index (κ3) is 4.08. The Bertz CT molecular complexity index is 314. The first-order valence-corrected chi connectivity index (χ1v) is 6.36. The topological polar surface area (TPSA) is 9.23 Å². The number of benzene rings is 1. The Morgan fingerprint density at radius 3 is 2.53 bits per heavy atom.